The van der Waals surface area contributed by atoms with Gasteiger partial charge in [0.2, 0.25) is 17.2 Å². The summed E-state index contributed by atoms with van der Waals surface area (Å²) in [4.78, 5) is 61.0. The van der Waals surface area contributed by atoms with E-state index >= 15 is 0 Å². The highest BCUT2D eigenvalue weighted by Crippen LogP contribution is 2.46. The average Bonchev–Trinajstić information content (AvgIpc) is 2.64. The molecule has 5 atom stereocenters. The molecule has 31 heavy (non-hydrogen) atoms. The molecule has 0 saturated carbocycles. The zero-order valence-electron chi connectivity index (χ0n) is 17.9. The Labute approximate surface area is 178 Å². The molecular weight excluding hydrogens is 412 g/mol. The predicted octanol–water partition coefficient (Wildman–Crippen LogP) is 1.06. The van der Waals surface area contributed by atoms with Crippen molar-refractivity contribution < 1.29 is 47.7 Å². The summed E-state index contributed by atoms with van der Waals surface area (Å²) in [5, 5.41) is 0. The van der Waals surface area contributed by atoms with E-state index in [4.69, 9.17) is 23.7 Å². The van der Waals surface area contributed by atoms with Gasteiger partial charge in [0.1, 0.15) is 0 Å². The lowest BCUT2D eigenvalue weighted by Crippen LogP contribution is -2.65. The first-order valence-corrected chi connectivity index (χ1v) is 9.81. The normalized spacial score (nSPS) is 34.7. The van der Waals surface area contributed by atoms with Crippen LogP contribution in [0.3, 0.4) is 0 Å². The Morgan fingerprint density at radius 1 is 1.03 bits per heavy atom. The molecule has 0 N–H and O–H groups in total. The summed E-state index contributed by atoms with van der Waals surface area (Å²) >= 11 is 0. The molecule has 10 heteroatoms. The standard InChI is InChI=1S/C21H24O10/c1-10-6-7-17(28-11(2)22)21(30-10)19(29-12(3)23)14-8-16(25)20(5,31-13(4)24)18(26)15(14)9-27-21/h8-10,17,19H,6-7H2,1-5H3/t10-,17+,19+,20-,21-/m0/s1. The molecule has 1 spiro atoms. The van der Waals surface area contributed by atoms with Gasteiger partial charge >= 0.3 is 17.9 Å². The first-order valence-electron chi connectivity index (χ1n) is 9.81. The Balaban J connectivity index is 2.15. The lowest BCUT2D eigenvalue weighted by atomic mass is 9.75. The maximum absolute atomic E-state index is 13.1. The monoisotopic (exact) mass is 436 g/mol. The Morgan fingerprint density at radius 2 is 1.68 bits per heavy atom. The highest BCUT2D eigenvalue weighted by Gasteiger charge is 2.62. The second kappa shape index (κ2) is 7.92. The first-order chi connectivity index (χ1) is 14.4. The summed E-state index contributed by atoms with van der Waals surface area (Å²) in [7, 11) is 0. The molecule has 0 bridgehead atoms. The largest absolute Gasteiger partial charge is 0.461 e. The van der Waals surface area contributed by atoms with Crippen molar-refractivity contribution >= 4 is 29.5 Å². The van der Waals surface area contributed by atoms with Crippen LogP contribution in [-0.4, -0.2) is 59.2 Å². The highest BCUT2D eigenvalue weighted by molar-refractivity contribution is 6.26. The number of fused-ring (bicyclic) bond motifs is 1. The molecule has 0 aromatic rings. The number of ketones is 2. The fourth-order valence-electron chi connectivity index (χ4n) is 4.03. The fraction of sp³-hybridized carbons (Fsp3) is 0.571. The molecular formula is C21H24O10. The number of Topliss-reactive ketones (excluding diaryl/α,β-unsaturated/α-hetero) is 1. The second-order valence-electron chi connectivity index (χ2n) is 7.88. The molecule has 2 aliphatic heterocycles. The van der Waals surface area contributed by atoms with Gasteiger partial charge in [-0.05, 0) is 32.8 Å². The van der Waals surface area contributed by atoms with E-state index < -0.39 is 53.1 Å². The molecule has 0 unspecified atom stereocenters. The summed E-state index contributed by atoms with van der Waals surface area (Å²) in [5.74, 6) is -5.57. The number of hydrogen-bond donors (Lipinski definition) is 0. The van der Waals surface area contributed by atoms with E-state index in [1.807, 2.05) is 0 Å². The van der Waals surface area contributed by atoms with E-state index in [-0.39, 0.29) is 17.3 Å². The maximum atomic E-state index is 13.1. The van der Waals surface area contributed by atoms with Crippen molar-refractivity contribution in [1.29, 1.82) is 0 Å². The SMILES string of the molecule is CC(=O)O[C@@H]1C2=CC(=O)[C@](C)(OC(C)=O)C(=O)C2=CO[C@@]12O[C@@H](C)CC[C@H]2OC(C)=O. The van der Waals surface area contributed by atoms with E-state index in [2.05, 4.69) is 0 Å². The van der Waals surface area contributed by atoms with Crippen molar-refractivity contribution in [3.8, 4) is 0 Å². The van der Waals surface area contributed by atoms with E-state index in [1.165, 1.54) is 13.8 Å². The van der Waals surface area contributed by atoms with Crippen molar-refractivity contribution in [2.24, 2.45) is 0 Å². The van der Waals surface area contributed by atoms with Crippen LogP contribution in [0.15, 0.2) is 23.5 Å². The van der Waals surface area contributed by atoms with Crippen LogP contribution in [0.25, 0.3) is 0 Å². The Morgan fingerprint density at radius 3 is 2.26 bits per heavy atom. The van der Waals surface area contributed by atoms with Gasteiger partial charge in [0.25, 0.3) is 5.79 Å². The van der Waals surface area contributed by atoms with Crippen LogP contribution in [0.2, 0.25) is 0 Å². The quantitative estimate of drug-likeness (QED) is 0.359. The van der Waals surface area contributed by atoms with E-state index in [0.717, 1.165) is 26.2 Å². The molecule has 1 saturated heterocycles. The van der Waals surface area contributed by atoms with Gasteiger partial charge in [0.05, 0.1) is 17.9 Å². The summed E-state index contributed by atoms with van der Waals surface area (Å²) in [5.41, 5.74) is -2.16. The zero-order valence-corrected chi connectivity index (χ0v) is 17.9. The van der Waals surface area contributed by atoms with E-state index in [9.17, 15) is 24.0 Å². The third-order valence-electron chi connectivity index (χ3n) is 5.36. The number of carbonyl (C=O) groups excluding carboxylic acids is 5. The third kappa shape index (κ3) is 3.87. The third-order valence-corrected chi connectivity index (χ3v) is 5.36. The molecule has 10 nitrogen and oxygen atoms in total. The van der Waals surface area contributed by atoms with E-state index in [0.29, 0.717) is 12.8 Å². The average molecular weight is 436 g/mol. The summed E-state index contributed by atoms with van der Waals surface area (Å²) in [6, 6.07) is 0. The van der Waals surface area contributed by atoms with Crippen LogP contribution in [0.5, 0.6) is 0 Å². The number of ether oxygens (including phenoxy) is 5. The Hall–Kier alpha value is -3.01. The number of esters is 3. The van der Waals surface area contributed by atoms with Crippen LogP contribution in [-0.2, 0) is 47.7 Å². The van der Waals surface area contributed by atoms with Crippen molar-refractivity contribution in [3.63, 3.8) is 0 Å². The molecule has 0 amide bonds. The van der Waals surface area contributed by atoms with Crippen molar-refractivity contribution in [2.75, 3.05) is 0 Å². The van der Waals surface area contributed by atoms with Gasteiger partial charge in [-0.1, -0.05) is 0 Å². The molecule has 1 fully saturated rings. The zero-order chi connectivity index (χ0) is 23.1. The minimum atomic E-state index is -2.08. The van der Waals surface area contributed by atoms with Crippen molar-refractivity contribution in [3.05, 3.63) is 23.5 Å². The van der Waals surface area contributed by atoms with Gasteiger partial charge in [-0.25, -0.2) is 0 Å². The summed E-state index contributed by atoms with van der Waals surface area (Å²) in [6.07, 6.45) is 0.290. The van der Waals surface area contributed by atoms with Gasteiger partial charge in [-0.2, -0.15) is 0 Å². The number of carbonyl (C=O) groups is 5. The van der Waals surface area contributed by atoms with Gasteiger partial charge in [0, 0.05) is 26.3 Å². The molecule has 1 aliphatic carbocycles. The van der Waals surface area contributed by atoms with Gasteiger partial charge in [0.15, 0.2) is 12.2 Å². The van der Waals surface area contributed by atoms with Crippen LogP contribution < -0.4 is 0 Å². The lowest BCUT2D eigenvalue weighted by molar-refractivity contribution is -0.333. The van der Waals surface area contributed by atoms with Crippen LogP contribution in [0.1, 0.15) is 47.5 Å². The topological polar surface area (TPSA) is 132 Å². The fourth-order valence-corrected chi connectivity index (χ4v) is 4.03. The molecule has 0 aromatic heterocycles. The van der Waals surface area contributed by atoms with Crippen LogP contribution in [0.4, 0.5) is 0 Å². The molecule has 0 radical (unpaired) electrons. The van der Waals surface area contributed by atoms with Gasteiger partial charge in [-0.3, -0.25) is 24.0 Å². The van der Waals surface area contributed by atoms with Crippen LogP contribution >= 0.6 is 0 Å². The molecule has 2 heterocycles. The second-order valence-corrected chi connectivity index (χ2v) is 7.88. The molecule has 168 valence electrons. The Bertz CT molecular complexity index is 915. The molecule has 0 aromatic carbocycles. The predicted molar refractivity (Wildman–Crippen MR) is 101 cm³/mol. The summed E-state index contributed by atoms with van der Waals surface area (Å²) < 4.78 is 27.7. The maximum Gasteiger partial charge on any atom is 0.304 e. The number of rotatable bonds is 3. The Kier molecular flexibility index (Phi) is 5.79. The molecule has 3 rings (SSSR count). The van der Waals surface area contributed by atoms with E-state index in [1.54, 1.807) is 6.92 Å². The van der Waals surface area contributed by atoms with Gasteiger partial charge in [-0.15, -0.1) is 0 Å². The smallest absolute Gasteiger partial charge is 0.304 e. The van der Waals surface area contributed by atoms with Crippen LogP contribution in [0, 0.1) is 0 Å². The molecule has 3 aliphatic rings. The first kappa shape index (κ1) is 22.7. The minimum Gasteiger partial charge on any atom is -0.461 e. The highest BCUT2D eigenvalue weighted by atomic mass is 16.7. The van der Waals surface area contributed by atoms with Gasteiger partial charge < -0.3 is 23.7 Å². The summed E-state index contributed by atoms with van der Waals surface area (Å²) in [6.45, 7) is 6.39. The lowest BCUT2D eigenvalue weighted by Gasteiger charge is -2.50. The van der Waals surface area contributed by atoms with Crippen molar-refractivity contribution in [2.45, 2.75) is 77.2 Å². The minimum absolute atomic E-state index is 0.0207. The van der Waals surface area contributed by atoms with Crippen molar-refractivity contribution in [1.82, 2.24) is 0 Å². The number of hydrogen-bond acceptors (Lipinski definition) is 10.